The lowest BCUT2D eigenvalue weighted by molar-refractivity contribution is 0.0710. The molecule has 5 rings (SSSR count). The number of hydrogen-bond acceptors (Lipinski definition) is 4. The molecule has 8 heteroatoms. The molecular weight excluding hydrogens is 434 g/mol. The first-order chi connectivity index (χ1) is 16.0. The van der Waals surface area contributed by atoms with Crippen molar-refractivity contribution in [3.8, 4) is 0 Å². The molecule has 2 N–H and O–H groups in total. The summed E-state index contributed by atoms with van der Waals surface area (Å²) >= 11 is 5.42. The normalized spacial score (nSPS) is 16.6. The molecule has 1 aliphatic carbocycles. The predicted molar refractivity (Wildman–Crippen MR) is 129 cm³/mol. The molecule has 3 aromatic rings. The van der Waals surface area contributed by atoms with Gasteiger partial charge in [0.15, 0.2) is 4.77 Å². The molecule has 1 aromatic heterocycles. The average Bonchev–Trinajstić information content (AvgIpc) is 3.61. The molecule has 0 atom stereocenters. The zero-order valence-corrected chi connectivity index (χ0v) is 19.4. The van der Waals surface area contributed by atoms with E-state index in [1.807, 2.05) is 42.2 Å². The van der Waals surface area contributed by atoms with E-state index in [1.165, 1.54) is 0 Å². The van der Waals surface area contributed by atoms with Crippen LogP contribution in [-0.2, 0) is 0 Å². The fourth-order valence-electron chi connectivity index (χ4n) is 4.49. The summed E-state index contributed by atoms with van der Waals surface area (Å²) in [5, 5.41) is 10.4. The highest BCUT2D eigenvalue weighted by Crippen LogP contribution is 2.39. The third kappa shape index (κ3) is 4.48. The Morgan fingerprint density at radius 3 is 2.45 bits per heavy atom. The van der Waals surface area contributed by atoms with Crippen molar-refractivity contribution >= 4 is 29.7 Å². The van der Waals surface area contributed by atoms with Crippen LogP contribution < -0.4 is 5.32 Å². The van der Waals surface area contributed by atoms with Crippen LogP contribution in [0, 0.1) is 11.7 Å². The van der Waals surface area contributed by atoms with Crippen molar-refractivity contribution in [3.05, 3.63) is 75.8 Å². The van der Waals surface area contributed by atoms with Crippen LogP contribution in [-0.4, -0.2) is 44.6 Å². The number of carbonyl (C=O) groups is 2. The number of hydrogen-bond donors (Lipinski definition) is 2. The Hall–Kier alpha value is -3.26. The minimum atomic E-state index is -0.187. The van der Waals surface area contributed by atoms with Gasteiger partial charge in [0.2, 0.25) is 0 Å². The molecule has 33 heavy (non-hydrogen) atoms. The van der Waals surface area contributed by atoms with Crippen molar-refractivity contribution in [1.29, 1.82) is 0 Å². The monoisotopic (exact) mass is 461 g/mol. The third-order valence-corrected chi connectivity index (χ3v) is 6.85. The van der Waals surface area contributed by atoms with Gasteiger partial charge >= 0.3 is 0 Å². The zero-order valence-electron chi connectivity index (χ0n) is 18.6. The van der Waals surface area contributed by atoms with E-state index >= 15 is 0 Å². The molecule has 1 saturated heterocycles. The number of rotatable bonds is 5. The van der Waals surface area contributed by atoms with Gasteiger partial charge in [-0.15, -0.1) is 0 Å². The van der Waals surface area contributed by atoms with E-state index in [0.29, 0.717) is 46.6 Å². The molecular formula is C25H27N5O2S. The quantitative estimate of drug-likeness (QED) is 0.532. The molecule has 2 heterocycles. The zero-order chi connectivity index (χ0) is 22.9. The molecule has 1 aliphatic heterocycles. The molecule has 2 aromatic carbocycles. The number of aryl methyl sites for hydroxylation is 1. The van der Waals surface area contributed by atoms with E-state index < -0.39 is 0 Å². The highest BCUT2D eigenvalue weighted by molar-refractivity contribution is 7.71. The summed E-state index contributed by atoms with van der Waals surface area (Å²) in [4.78, 5) is 27.7. The maximum Gasteiger partial charge on any atom is 0.255 e. The lowest BCUT2D eigenvalue weighted by Gasteiger charge is -2.32. The van der Waals surface area contributed by atoms with Crippen LogP contribution in [0.3, 0.4) is 0 Å². The number of aromatic amines is 1. The van der Waals surface area contributed by atoms with Gasteiger partial charge in [0, 0.05) is 41.9 Å². The number of nitrogens with one attached hydrogen (secondary N) is 2. The lowest BCUT2D eigenvalue weighted by Crippen LogP contribution is -2.38. The minimum Gasteiger partial charge on any atom is -0.339 e. The third-order valence-electron chi connectivity index (χ3n) is 6.56. The Labute approximate surface area is 197 Å². The summed E-state index contributed by atoms with van der Waals surface area (Å²) in [5.74, 6) is 1.15. The minimum absolute atomic E-state index is 0.00952. The Kier molecular flexibility index (Phi) is 5.85. The van der Waals surface area contributed by atoms with Crippen molar-refractivity contribution in [2.24, 2.45) is 0 Å². The van der Waals surface area contributed by atoms with Crippen LogP contribution in [0.2, 0.25) is 0 Å². The van der Waals surface area contributed by atoms with Crippen LogP contribution in [0.25, 0.3) is 0 Å². The van der Waals surface area contributed by atoms with Gasteiger partial charge in [-0.25, -0.2) is 0 Å². The van der Waals surface area contributed by atoms with Crippen molar-refractivity contribution < 1.29 is 9.59 Å². The fraction of sp³-hybridized carbons (Fsp3) is 0.360. The van der Waals surface area contributed by atoms with E-state index in [9.17, 15) is 9.59 Å². The number of carbonyl (C=O) groups excluding carboxylic acids is 2. The first-order valence-electron chi connectivity index (χ1n) is 11.4. The lowest BCUT2D eigenvalue weighted by atomic mass is 9.95. The van der Waals surface area contributed by atoms with Crippen LogP contribution in [0.5, 0.6) is 0 Å². The van der Waals surface area contributed by atoms with Crippen molar-refractivity contribution in [1.82, 2.24) is 19.7 Å². The summed E-state index contributed by atoms with van der Waals surface area (Å²) < 4.78 is 2.88. The molecule has 1 saturated carbocycles. The molecule has 2 amide bonds. The van der Waals surface area contributed by atoms with Crippen molar-refractivity contribution in [2.45, 2.75) is 44.6 Å². The van der Waals surface area contributed by atoms with E-state index in [-0.39, 0.29) is 11.8 Å². The Morgan fingerprint density at radius 2 is 1.76 bits per heavy atom. The van der Waals surface area contributed by atoms with Crippen LogP contribution in [0.4, 0.5) is 5.69 Å². The predicted octanol–water partition coefficient (Wildman–Crippen LogP) is 4.86. The Bertz CT molecular complexity index is 1240. The largest absolute Gasteiger partial charge is 0.339 e. The molecule has 0 radical (unpaired) electrons. The summed E-state index contributed by atoms with van der Waals surface area (Å²) in [6.45, 7) is 3.27. The topological polar surface area (TPSA) is 83.0 Å². The first kappa shape index (κ1) is 21.6. The molecule has 0 unspecified atom stereocenters. The molecule has 2 aliphatic rings. The second kappa shape index (κ2) is 8.94. The number of likely N-dealkylation sites (tertiary alicyclic amines) is 1. The van der Waals surface area contributed by atoms with Crippen molar-refractivity contribution in [3.63, 3.8) is 0 Å². The average molecular weight is 462 g/mol. The van der Waals surface area contributed by atoms with E-state index in [0.717, 1.165) is 37.1 Å². The Balaban J connectivity index is 1.26. The number of aromatic nitrogens is 3. The van der Waals surface area contributed by atoms with Crippen LogP contribution in [0.1, 0.15) is 69.7 Å². The number of anilines is 1. The van der Waals surface area contributed by atoms with Gasteiger partial charge in [-0.05, 0) is 74.7 Å². The van der Waals surface area contributed by atoms with Gasteiger partial charge < -0.3 is 14.8 Å². The summed E-state index contributed by atoms with van der Waals surface area (Å²) in [6.07, 6.45) is 4.05. The SMILES string of the molecule is Cc1ccc(C(=O)N2CCC(c3n[nH]c(=S)n3C3CC3)CC2)cc1NC(=O)c1ccccc1. The summed E-state index contributed by atoms with van der Waals surface area (Å²) in [5.41, 5.74) is 2.74. The molecule has 170 valence electrons. The van der Waals surface area contributed by atoms with E-state index in [1.54, 1.807) is 18.2 Å². The summed E-state index contributed by atoms with van der Waals surface area (Å²) in [7, 11) is 0. The highest BCUT2D eigenvalue weighted by atomic mass is 32.1. The van der Waals surface area contributed by atoms with E-state index in [2.05, 4.69) is 20.1 Å². The maximum absolute atomic E-state index is 13.2. The first-order valence-corrected chi connectivity index (χ1v) is 11.8. The molecule has 0 bridgehead atoms. The van der Waals surface area contributed by atoms with Gasteiger partial charge in [0.1, 0.15) is 5.82 Å². The Morgan fingerprint density at radius 1 is 1.03 bits per heavy atom. The van der Waals surface area contributed by atoms with Crippen LogP contribution in [0.15, 0.2) is 48.5 Å². The van der Waals surface area contributed by atoms with Gasteiger partial charge in [-0.3, -0.25) is 14.7 Å². The number of benzene rings is 2. The van der Waals surface area contributed by atoms with Crippen LogP contribution >= 0.6 is 12.2 Å². The maximum atomic E-state index is 13.2. The number of piperidine rings is 1. The van der Waals surface area contributed by atoms with Gasteiger partial charge in [0.25, 0.3) is 11.8 Å². The van der Waals surface area contributed by atoms with E-state index in [4.69, 9.17) is 12.2 Å². The standard InChI is InChI=1S/C25H27N5O2S/c1-16-7-8-19(15-21(16)26-23(31)18-5-3-2-4-6-18)24(32)29-13-11-17(12-14-29)22-27-28-25(33)30(22)20-9-10-20/h2-8,15,17,20H,9-14H2,1H3,(H,26,31)(H,28,33). The number of nitrogens with zero attached hydrogens (tertiary/aromatic N) is 3. The second-order valence-corrected chi connectivity index (χ2v) is 9.29. The highest BCUT2D eigenvalue weighted by Gasteiger charge is 2.32. The summed E-state index contributed by atoms with van der Waals surface area (Å²) in [6, 6.07) is 15.1. The smallest absolute Gasteiger partial charge is 0.255 e. The number of amides is 2. The second-order valence-electron chi connectivity index (χ2n) is 8.90. The molecule has 7 nitrogen and oxygen atoms in total. The van der Waals surface area contributed by atoms with Crippen molar-refractivity contribution in [2.75, 3.05) is 18.4 Å². The molecule has 2 fully saturated rings. The fourth-order valence-corrected chi connectivity index (χ4v) is 4.78. The van der Waals surface area contributed by atoms with Gasteiger partial charge in [-0.1, -0.05) is 24.3 Å². The number of H-pyrrole nitrogens is 1. The van der Waals surface area contributed by atoms with Gasteiger partial charge in [-0.2, -0.15) is 5.10 Å². The molecule has 0 spiro atoms. The van der Waals surface area contributed by atoms with Gasteiger partial charge in [0.05, 0.1) is 0 Å².